The molecular weight excluding hydrogens is 195 g/mol. The first-order chi connectivity index (χ1) is 5.70. The topological polar surface area (TPSA) is 0 Å². The Morgan fingerprint density at radius 3 is 2.83 bits per heavy atom. The standard InChI is InChI=1S/C9H6ClFS/c1-5-2-3-6(10)8-7(11)4-12-9(5)8/h2-4H,1H3. The molecule has 12 heavy (non-hydrogen) atoms. The van der Waals surface area contributed by atoms with Gasteiger partial charge in [0.25, 0.3) is 0 Å². The molecule has 2 rings (SSSR count). The fraction of sp³-hybridized carbons (Fsp3) is 0.111. The summed E-state index contributed by atoms with van der Waals surface area (Å²) in [5.41, 5.74) is 1.07. The predicted molar refractivity (Wildman–Crippen MR) is 51.5 cm³/mol. The average Bonchev–Trinajstić information content (AvgIpc) is 2.42. The van der Waals surface area contributed by atoms with Crippen LogP contribution in [0.25, 0.3) is 10.1 Å². The zero-order valence-corrected chi connectivity index (χ0v) is 7.97. The highest BCUT2D eigenvalue weighted by atomic mass is 35.5. The van der Waals surface area contributed by atoms with Gasteiger partial charge in [0, 0.05) is 15.5 Å². The lowest BCUT2D eigenvalue weighted by atomic mass is 10.2. The van der Waals surface area contributed by atoms with Gasteiger partial charge in [0.1, 0.15) is 5.82 Å². The van der Waals surface area contributed by atoms with Crippen LogP contribution in [-0.2, 0) is 0 Å². The maximum absolute atomic E-state index is 13.1. The molecule has 1 aromatic carbocycles. The van der Waals surface area contributed by atoms with Crippen LogP contribution in [0.5, 0.6) is 0 Å². The summed E-state index contributed by atoms with van der Waals surface area (Å²) in [6, 6.07) is 3.63. The molecule has 0 fully saturated rings. The molecule has 1 aromatic heterocycles. The zero-order chi connectivity index (χ0) is 8.72. The van der Waals surface area contributed by atoms with E-state index in [0.717, 1.165) is 10.3 Å². The first-order valence-corrected chi connectivity index (χ1v) is 4.77. The van der Waals surface area contributed by atoms with E-state index in [1.807, 2.05) is 13.0 Å². The number of aryl methyl sites for hydroxylation is 1. The van der Waals surface area contributed by atoms with Crippen molar-refractivity contribution in [1.82, 2.24) is 0 Å². The van der Waals surface area contributed by atoms with Crippen LogP contribution >= 0.6 is 22.9 Å². The van der Waals surface area contributed by atoms with Gasteiger partial charge in [0.2, 0.25) is 0 Å². The summed E-state index contributed by atoms with van der Waals surface area (Å²) in [5, 5.41) is 2.54. The van der Waals surface area contributed by atoms with E-state index in [2.05, 4.69) is 0 Å². The van der Waals surface area contributed by atoms with Gasteiger partial charge in [-0.15, -0.1) is 11.3 Å². The van der Waals surface area contributed by atoms with Crippen LogP contribution in [0, 0.1) is 12.7 Å². The maximum atomic E-state index is 13.1. The number of hydrogen-bond donors (Lipinski definition) is 0. The Kier molecular flexibility index (Phi) is 1.81. The number of fused-ring (bicyclic) bond motifs is 1. The average molecular weight is 201 g/mol. The second-order valence-corrected chi connectivity index (χ2v) is 3.94. The smallest absolute Gasteiger partial charge is 0.143 e. The van der Waals surface area contributed by atoms with Crippen molar-refractivity contribution in [3.05, 3.63) is 33.9 Å². The quantitative estimate of drug-likeness (QED) is 0.603. The summed E-state index contributed by atoms with van der Waals surface area (Å²) in [4.78, 5) is 0. The Morgan fingerprint density at radius 2 is 2.17 bits per heavy atom. The molecule has 0 amide bonds. The number of halogens is 2. The number of hydrogen-bond acceptors (Lipinski definition) is 1. The van der Waals surface area contributed by atoms with Gasteiger partial charge in [0.05, 0.1) is 5.02 Å². The minimum absolute atomic E-state index is 0.219. The number of thiophene rings is 1. The SMILES string of the molecule is Cc1ccc(Cl)c2c(F)csc12. The molecule has 0 unspecified atom stereocenters. The largest absolute Gasteiger partial charge is 0.205 e. The summed E-state index contributed by atoms with van der Waals surface area (Å²) in [7, 11) is 0. The third-order valence-corrected chi connectivity index (χ3v) is 3.22. The Labute approximate surface area is 78.6 Å². The number of benzene rings is 1. The molecule has 0 aliphatic carbocycles. The molecule has 0 spiro atoms. The van der Waals surface area contributed by atoms with E-state index in [-0.39, 0.29) is 5.82 Å². The Morgan fingerprint density at radius 1 is 1.42 bits per heavy atom. The summed E-state index contributed by atoms with van der Waals surface area (Å²) in [6.45, 7) is 1.95. The Balaban J connectivity index is 2.98. The lowest BCUT2D eigenvalue weighted by Crippen LogP contribution is -1.75. The van der Waals surface area contributed by atoms with E-state index in [0.29, 0.717) is 10.4 Å². The number of rotatable bonds is 0. The van der Waals surface area contributed by atoms with Gasteiger partial charge < -0.3 is 0 Å². The Hall–Kier alpha value is -0.600. The zero-order valence-electron chi connectivity index (χ0n) is 6.40. The molecule has 62 valence electrons. The van der Waals surface area contributed by atoms with Crippen molar-refractivity contribution >= 4 is 33.0 Å². The van der Waals surface area contributed by atoms with E-state index in [1.165, 1.54) is 16.7 Å². The summed E-state index contributed by atoms with van der Waals surface area (Å²) >= 11 is 7.24. The second-order valence-electron chi connectivity index (χ2n) is 2.65. The first kappa shape index (κ1) is 8.02. The molecule has 0 nitrogen and oxygen atoms in total. The first-order valence-electron chi connectivity index (χ1n) is 3.52. The maximum Gasteiger partial charge on any atom is 0.143 e. The monoisotopic (exact) mass is 200 g/mol. The molecule has 0 saturated carbocycles. The van der Waals surface area contributed by atoms with Crippen LogP contribution < -0.4 is 0 Å². The van der Waals surface area contributed by atoms with Crippen LogP contribution in [-0.4, -0.2) is 0 Å². The van der Waals surface area contributed by atoms with E-state index in [4.69, 9.17) is 11.6 Å². The van der Waals surface area contributed by atoms with Gasteiger partial charge in [-0.3, -0.25) is 0 Å². The van der Waals surface area contributed by atoms with E-state index in [9.17, 15) is 4.39 Å². The minimum atomic E-state index is -0.219. The van der Waals surface area contributed by atoms with Gasteiger partial charge in [-0.2, -0.15) is 0 Å². The lowest BCUT2D eigenvalue weighted by Gasteiger charge is -1.96. The molecule has 0 atom stereocenters. The van der Waals surface area contributed by atoms with Crippen LogP contribution in [0.4, 0.5) is 4.39 Å². The van der Waals surface area contributed by atoms with Crippen molar-refractivity contribution in [1.29, 1.82) is 0 Å². The van der Waals surface area contributed by atoms with Crippen molar-refractivity contribution in [2.24, 2.45) is 0 Å². The molecule has 2 aromatic rings. The third kappa shape index (κ3) is 1.03. The van der Waals surface area contributed by atoms with Crippen molar-refractivity contribution in [2.75, 3.05) is 0 Å². The minimum Gasteiger partial charge on any atom is -0.205 e. The normalized spacial score (nSPS) is 10.9. The molecule has 0 bridgehead atoms. The summed E-state index contributed by atoms with van der Waals surface area (Å²) in [6.07, 6.45) is 0. The van der Waals surface area contributed by atoms with E-state index < -0.39 is 0 Å². The van der Waals surface area contributed by atoms with Crippen LogP contribution in [0.3, 0.4) is 0 Å². The molecule has 0 saturated heterocycles. The van der Waals surface area contributed by atoms with Crippen molar-refractivity contribution in [2.45, 2.75) is 6.92 Å². The van der Waals surface area contributed by atoms with Crippen LogP contribution in [0.1, 0.15) is 5.56 Å². The predicted octanol–water partition coefficient (Wildman–Crippen LogP) is 4.00. The van der Waals surface area contributed by atoms with Crippen LogP contribution in [0.2, 0.25) is 5.02 Å². The second kappa shape index (κ2) is 2.71. The molecule has 3 heteroatoms. The van der Waals surface area contributed by atoms with Gasteiger partial charge in [-0.25, -0.2) is 4.39 Å². The van der Waals surface area contributed by atoms with Crippen LogP contribution in [0.15, 0.2) is 17.5 Å². The van der Waals surface area contributed by atoms with Crippen molar-refractivity contribution in [3.8, 4) is 0 Å². The summed E-state index contributed by atoms with van der Waals surface area (Å²) < 4.78 is 14.1. The van der Waals surface area contributed by atoms with Crippen molar-refractivity contribution in [3.63, 3.8) is 0 Å². The fourth-order valence-corrected chi connectivity index (χ4v) is 2.43. The molecule has 1 heterocycles. The van der Waals surface area contributed by atoms with Crippen molar-refractivity contribution < 1.29 is 4.39 Å². The van der Waals surface area contributed by atoms with Gasteiger partial charge in [-0.05, 0) is 18.6 Å². The van der Waals surface area contributed by atoms with Gasteiger partial charge in [-0.1, -0.05) is 17.7 Å². The molecule has 0 aliphatic rings. The fourth-order valence-electron chi connectivity index (χ4n) is 1.21. The lowest BCUT2D eigenvalue weighted by molar-refractivity contribution is 0.644. The molecule has 0 N–H and O–H groups in total. The molecule has 0 aliphatic heterocycles. The highest BCUT2D eigenvalue weighted by Gasteiger charge is 2.08. The van der Waals surface area contributed by atoms with E-state index in [1.54, 1.807) is 6.07 Å². The molecular formula is C9H6ClFS. The molecule has 0 radical (unpaired) electrons. The van der Waals surface area contributed by atoms with Gasteiger partial charge >= 0.3 is 0 Å². The third-order valence-electron chi connectivity index (χ3n) is 1.82. The van der Waals surface area contributed by atoms with Gasteiger partial charge in [0.15, 0.2) is 0 Å². The highest BCUT2D eigenvalue weighted by molar-refractivity contribution is 7.17. The van der Waals surface area contributed by atoms with E-state index >= 15 is 0 Å². The Bertz CT molecular complexity index is 433. The summed E-state index contributed by atoms with van der Waals surface area (Å²) in [5.74, 6) is -0.219. The highest BCUT2D eigenvalue weighted by Crippen LogP contribution is 2.33.